The molecule has 0 unspecified atom stereocenters. The van der Waals surface area contributed by atoms with Crippen molar-refractivity contribution in [1.82, 2.24) is 15.2 Å². The first kappa shape index (κ1) is 16.0. The Morgan fingerprint density at radius 1 is 1.20 bits per heavy atom. The number of nitrogens with zero attached hydrogens (tertiary/aromatic N) is 1. The number of carbonyl (C=O) groups is 2. The number of ether oxygens (including phenoxy) is 2. The minimum Gasteiger partial charge on any atom is -0.465 e. The summed E-state index contributed by atoms with van der Waals surface area (Å²) in [7, 11) is 0. The lowest BCUT2D eigenvalue weighted by molar-refractivity contribution is -0.152. The van der Waals surface area contributed by atoms with Crippen molar-refractivity contribution in [3.8, 4) is 0 Å². The molecule has 10 heteroatoms. The molecule has 1 aromatic rings. The predicted octanol–water partition coefficient (Wildman–Crippen LogP) is -0.955. The number of thioether (sulfide) groups is 1. The third kappa shape index (κ3) is 4.23. The number of carbonyl (C=O) groups excluding carboxylic acids is 2. The molecule has 20 heavy (non-hydrogen) atoms. The highest BCUT2D eigenvalue weighted by Gasteiger charge is 2.32. The van der Waals surface area contributed by atoms with Crippen molar-refractivity contribution < 1.29 is 19.1 Å². The van der Waals surface area contributed by atoms with Gasteiger partial charge in [0.15, 0.2) is 5.03 Å². The Bertz CT molecular complexity index is 577. The Morgan fingerprint density at radius 2 is 1.75 bits per heavy atom. The van der Waals surface area contributed by atoms with Crippen LogP contribution in [0.3, 0.4) is 0 Å². The van der Waals surface area contributed by atoms with E-state index in [0.717, 1.165) is 0 Å². The lowest BCUT2D eigenvalue weighted by Gasteiger charge is -2.12. The Kier molecular flexibility index (Phi) is 5.97. The normalized spacial score (nSPS) is 10.3. The van der Waals surface area contributed by atoms with E-state index in [9.17, 15) is 19.2 Å². The summed E-state index contributed by atoms with van der Waals surface area (Å²) in [6, 6.07) is 0. The largest absolute Gasteiger partial charge is 0.465 e. The molecule has 0 saturated carbocycles. The van der Waals surface area contributed by atoms with Crippen LogP contribution in [0, 0.1) is 0 Å². The third-order valence-corrected chi connectivity index (χ3v) is 3.03. The van der Waals surface area contributed by atoms with Crippen LogP contribution in [0.1, 0.15) is 13.8 Å². The molecule has 0 saturated heterocycles. The molecule has 9 nitrogen and oxygen atoms in total. The highest BCUT2D eigenvalue weighted by Crippen LogP contribution is 2.20. The van der Waals surface area contributed by atoms with Crippen molar-refractivity contribution in [3.05, 3.63) is 20.8 Å². The fourth-order valence-corrected chi connectivity index (χ4v) is 1.96. The summed E-state index contributed by atoms with van der Waals surface area (Å²) in [5, 5.41) is 3.85. The van der Waals surface area contributed by atoms with E-state index in [0.29, 0.717) is 11.8 Å². The van der Waals surface area contributed by atoms with Crippen molar-refractivity contribution in [3.63, 3.8) is 0 Å². The van der Waals surface area contributed by atoms with E-state index >= 15 is 0 Å². The Hall–Kier alpha value is -2.10. The van der Waals surface area contributed by atoms with Crippen LogP contribution < -0.4 is 11.2 Å². The molecule has 0 atom stereocenters. The molecule has 0 amide bonds. The topological polar surface area (TPSA) is 131 Å². The molecule has 1 rings (SSSR count). The number of H-pyrrole nitrogens is 2. The molecule has 0 fully saturated rings. The van der Waals surface area contributed by atoms with Gasteiger partial charge in [-0.3, -0.25) is 19.4 Å². The van der Waals surface area contributed by atoms with Gasteiger partial charge < -0.3 is 9.47 Å². The van der Waals surface area contributed by atoms with Crippen LogP contribution >= 0.6 is 11.8 Å². The van der Waals surface area contributed by atoms with Crippen molar-refractivity contribution >= 4 is 23.7 Å². The molecule has 0 bridgehead atoms. The van der Waals surface area contributed by atoms with Crippen LogP contribution in [-0.4, -0.2) is 45.6 Å². The summed E-state index contributed by atoms with van der Waals surface area (Å²) in [4.78, 5) is 47.6. The van der Waals surface area contributed by atoms with Gasteiger partial charge >= 0.3 is 17.6 Å². The standard InChI is InChI=1S/C10H13N3O6S/c1-3-18-8(15)5(9(16)19-4-2)20-7-6(14)11-10(17)13-12-7/h5H,3-4H2,1-2H3,(H2,11,13,14,17). The van der Waals surface area contributed by atoms with Crippen molar-refractivity contribution in [1.29, 1.82) is 0 Å². The lowest BCUT2D eigenvalue weighted by atomic mass is 10.4. The summed E-state index contributed by atoms with van der Waals surface area (Å²) < 4.78 is 9.47. The summed E-state index contributed by atoms with van der Waals surface area (Å²) >= 11 is 0.546. The van der Waals surface area contributed by atoms with Gasteiger partial charge in [0, 0.05) is 0 Å². The van der Waals surface area contributed by atoms with Gasteiger partial charge in [-0.1, -0.05) is 11.8 Å². The van der Waals surface area contributed by atoms with Gasteiger partial charge in [-0.25, -0.2) is 9.89 Å². The Morgan fingerprint density at radius 3 is 2.20 bits per heavy atom. The summed E-state index contributed by atoms with van der Waals surface area (Å²) in [6.45, 7) is 3.31. The maximum Gasteiger partial charge on any atom is 0.342 e. The quantitative estimate of drug-likeness (QED) is 0.390. The van der Waals surface area contributed by atoms with Gasteiger partial charge in [0.1, 0.15) is 0 Å². The third-order valence-electron chi connectivity index (χ3n) is 1.91. The second-order valence-corrected chi connectivity index (χ2v) is 4.41. The first-order valence-electron chi connectivity index (χ1n) is 5.68. The molecular formula is C10H13N3O6S. The number of aromatic amines is 2. The fraction of sp³-hybridized carbons (Fsp3) is 0.500. The maximum absolute atomic E-state index is 11.7. The van der Waals surface area contributed by atoms with Crippen LogP contribution in [0.4, 0.5) is 0 Å². The van der Waals surface area contributed by atoms with Crippen LogP contribution in [0.2, 0.25) is 0 Å². The molecule has 0 aliphatic rings. The Labute approximate surface area is 117 Å². The molecule has 0 spiro atoms. The summed E-state index contributed by atoms with van der Waals surface area (Å²) in [6.07, 6.45) is 0. The Balaban J connectivity index is 2.99. The van der Waals surface area contributed by atoms with Gasteiger partial charge in [0.05, 0.1) is 13.2 Å². The van der Waals surface area contributed by atoms with Crippen molar-refractivity contribution in [2.75, 3.05) is 13.2 Å². The van der Waals surface area contributed by atoms with Crippen molar-refractivity contribution in [2.45, 2.75) is 24.1 Å². The monoisotopic (exact) mass is 303 g/mol. The second-order valence-electron chi connectivity index (χ2n) is 3.31. The average Bonchev–Trinajstić information content (AvgIpc) is 2.38. The number of aromatic nitrogens is 3. The van der Waals surface area contributed by atoms with E-state index in [1.54, 1.807) is 13.8 Å². The number of esters is 2. The van der Waals surface area contributed by atoms with Gasteiger partial charge in [-0.2, -0.15) is 5.10 Å². The van der Waals surface area contributed by atoms with E-state index in [4.69, 9.17) is 9.47 Å². The van der Waals surface area contributed by atoms with E-state index < -0.39 is 28.4 Å². The van der Waals surface area contributed by atoms with Crippen molar-refractivity contribution in [2.24, 2.45) is 0 Å². The minimum absolute atomic E-state index is 0.0741. The lowest BCUT2D eigenvalue weighted by Crippen LogP contribution is -2.33. The number of hydrogen-bond acceptors (Lipinski definition) is 8. The molecule has 0 radical (unpaired) electrons. The zero-order chi connectivity index (χ0) is 15.1. The average molecular weight is 303 g/mol. The van der Waals surface area contributed by atoms with Crippen LogP contribution in [0.25, 0.3) is 0 Å². The fourth-order valence-electron chi connectivity index (χ4n) is 1.16. The minimum atomic E-state index is -1.38. The number of rotatable bonds is 6. The predicted molar refractivity (Wildman–Crippen MR) is 68.4 cm³/mol. The van der Waals surface area contributed by atoms with Crippen LogP contribution in [-0.2, 0) is 19.1 Å². The highest BCUT2D eigenvalue weighted by molar-refractivity contribution is 8.01. The highest BCUT2D eigenvalue weighted by atomic mass is 32.2. The van der Waals surface area contributed by atoms with E-state index in [2.05, 4.69) is 5.10 Å². The number of nitrogens with one attached hydrogen (secondary N) is 2. The number of hydrogen-bond donors (Lipinski definition) is 2. The molecule has 0 aliphatic heterocycles. The molecule has 2 N–H and O–H groups in total. The van der Waals surface area contributed by atoms with Crippen LogP contribution in [0.15, 0.2) is 14.6 Å². The second kappa shape index (κ2) is 7.48. The van der Waals surface area contributed by atoms with Gasteiger partial charge in [-0.15, -0.1) is 0 Å². The van der Waals surface area contributed by atoms with E-state index in [1.807, 2.05) is 10.1 Å². The summed E-state index contributed by atoms with van der Waals surface area (Å²) in [5.74, 6) is -1.69. The SMILES string of the molecule is CCOC(=O)C(Sc1n[nH]c(=O)[nH]c1=O)C(=O)OCC. The molecule has 110 valence electrons. The van der Waals surface area contributed by atoms with Gasteiger partial charge in [0.2, 0.25) is 5.25 Å². The smallest absolute Gasteiger partial charge is 0.342 e. The molecule has 1 aromatic heterocycles. The zero-order valence-corrected chi connectivity index (χ0v) is 11.6. The van der Waals surface area contributed by atoms with E-state index in [1.165, 1.54) is 0 Å². The molecular weight excluding hydrogens is 290 g/mol. The molecule has 0 aliphatic carbocycles. The van der Waals surface area contributed by atoms with Gasteiger partial charge in [0.25, 0.3) is 5.56 Å². The van der Waals surface area contributed by atoms with E-state index in [-0.39, 0.29) is 18.2 Å². The zero-order valence-electron chi connectivity index (χ0n) is 10.8. The summed E-state index contributed by atoms with van der Waals surface area (Å²) in [5.41, 5.74) is -1.60. The van der Waals surface area contributed by atoms with Gasteiger partial charge in [-0.05, 0) is 13.8 Å². The molecule has 1 heterocycles. The first-order valence-corrected chi connectivity index (χ1v) is 6.56. The molecule has 0 aromatic carbocycles. The maximum atomic E-state index is 11.7. The first-order chi connectivity index (χ1) is 9.49. The van der Waals surface area contributed by atoms with Crippen LogP contribution in [0.5, 0.6) is 0 Å².